The average molecular weight is 248 g/mol. The molecule has 0 aromatic carbocycles. The first-order valence-electron chi connectivity index (χ1n) is 6.38. The van der Waals surface area contributed by atoms with Crippen molar-refractivity contribution in [3.8, 4) is 0 Å². The van der Waals surface area contributed by atoms with E-state index >= 15 is 0 Å². The summed E-state index contributed by atoms with van der Waals surface area (Å²) in [5.74, 6) is -0.132. The predicted molar refractivity (Wildman–Crippen MR) is 68.6 cm³/mol. The van der Waals surface area contributed by atoms with Gasteiger partial charge in [-0.2, -0.15) is 0 Å². The molecule has 1 aliphatic carbocycles. The van der Waals surface area contributed by atoms with E-state index in [4.69, 9.17) is 5.11 Å². The van der Waals surface area contributed by atoms with Crippen LogP contribution in [0, 0.1) is 12.8 Å². The molecule has 0 saturated carbocycles. The number of carboxylic acid groups (broad SMARTS) is 1. The molecule has 0 amide bonds. The number of carboxylic acids is 1. The highest BCUT2D eigenvalue weighted by atomic mass is 16.4. The Morgan fingerprint density at radius 2 is 2.00 bits per heavy atom. The summed E-state index contributed by atoms with van der Waals surface area (Å²) in [6, 6.07) is 0. The number of carbonyl (C=O) groups is 1. The molecule has 1 atom stereocenters. The molecule has 18 heavy (non-hydrogen) atoms. The van der Waals surface area contributed by atoms with Crippen molar-refractivity contribution in [3.63, 3.8) is 0 Å². The van der Waals surface area contributed by atoms with Crippen LogP contribution in [-0.4, -0.2) is 21.0 Å². The number of fused-ring (bicyclic) bond motifs is 1. The third-order valence-electron chi connectivity index (χ3n) is 3.50. The van der Waals surface area contributed by atoms with Gasteiger partial charge >= 0.3 is 5.97 Å². The van der Waals surface area contributed by atoms with Crippen LogP contribution in [0.4, 0.5) is 0 Å². The fourth-order valence-corrected chi connectivity index (χ4v) is 2.33. The number of hydrogen-bond acceptors (Lipinski definition) is 3. The van der Waals surface area contributed by atoms with E-state index in [1.165, 1.54) is 0 Å². The largest absolute Gasteiger partial charge is 0.481 e. The summed E-state index contributed by atoms with van der Waals surface area (Å²) in [6.07, 6.45) is 2.00. The zero-order valence-corrected chi connectivity index (χ0v) is 11.4. The van der Waals surface area contributed by atoms with Crippen molar-refractivity contribution in [2.45, 2.75) is 52.4 Å². The van der Waals surface area contributed by atoms with E-state index in [1.54, 1.807) is 0 Å². The van der Waals surface area contributed by atoms with Crippen LogP contribution in [0.5, 0.6) is 0 Å². The minimum Gasteiger partial charge on any atom is -0.481 e. The van der Waals surface area contributed by atoms with Crippen molar-refractivity contribution < 1.29 is 9.90 Å². The zero-order valence-electron chi connectivity index (χ0n) is 11.4. The van der Waals surface area contributed by atoms with Crippen molar-refractivity contribution in [2.75, 3.05) is 0 Å². The summed E-state index contributed by atoms with van der Waals surface area (Å²) in [6.45, 7) is 8.24. The van der Waals surface area contributed by atoms with Crippen LogP contribution in [0.1, 0.15) is 50.0 Å². The fraction of sp³-hybridized carbons (Fsp3) is 0.643. The van der Waals surface area contributed by atoms with Gasteiger partial charge in [-0.1, -0.05) is 20.8 Å². The summed E-state index contributed by atoms with van der Waals surface area (Å²) < 4.78 is 0. The second-order valence-corrected chi connectivity index (χ2v) is 6.09. The van der Waals surface area contributed by atoms with Crippen LogP contribution in [0.25, 0.3) is 0 Å². The molecule has 0 saturated heterocycles. The highest BCUT2D eigenvalue weighted by Crippen LogP contribution is 2.28. The van der Waals surface area contributed by atoms with Gasteiger partial charge in [-0.25, -0.2) is 9.97 Å². The molecule has 4 heteroatoms. The fourth-order valence-electron chi connectivity index (χ4n) is 2.33. The first-order chi connectivity index (χ1) is 8.29. The predicted octanol–water partition coefficient (Wildman–Crippen LogP) is 2.27. The molecule has 0 aliphatic heterocycles. The zero-order chi connectivity index (χ0) is 13.5. The highest BCUT2D eigenvalue weighted by Gasteiger charge is 2.28. The van der Waals surface area contributed by atoms with Gasteiger partial charge < -0.3 is 5.11 Å². The molecule has 0 bridgehead atoms. The van der Waals surface area contributed by atoms with Gasteiger partial charge in [-0.05, 0) is 31.7 Å². The Labute approximate surface area is 107 Å². The van der Waals surface area contributed by atoms with Crippen molar-refractivity contribution in [3.05, 3.63) is 22.8 Å². The van der Waals surface area contributed by atoms with Gasteiger partial charge in [0.15, 0.2) is 0 Å². The number of aromatic nitrogens is 2. The SMILES string of the molecule is Cc1nc(C(C)(C)C)nc2c1CC(C(=O)O)CC2. The van der Waals surface area contributed by atoms with E-state index < -0.39 is 5.97 Å². The van der Waals surface area contributed by atoms with Crippen LogP contribution in [0.15, 0.2) is 0 Å². The molecular formula is C14H20N2O2. The number of aryl methyl sites for hydroxylation is 2. The quantitative estimate of drug-likeness (QED) is 0.828. The van der Waals surface area contributed by atoms with Gasteiger partial charge in [0.25, 0.3) is 0 Å². The van der Waals surface area contributed by atoms with Gasteiger partial charge in [0, 0.05) is 16.8 Å². The van der Waals surface area contributed by atoms with Crippen LogP contribution < -0.4 is 0 Å². The number of hydrogen-bond donors (Lipinski definition) is 1. The Morgan fingerprint density at radius 1 is 1.33 bits per heavy atom. The molecule has 1 N–H and O–H groups in total. The molecule has 1 unspecified atom stereocenters. The Kier molecular flexibility index (Phi) is 3.13. The summed E-state index contributed by atoms with van der Waals surface area (Å²) in [5.41, 5.74) is 2.96. The second-order valence-electron chi connectivity index (χ2n) is 6.09. The standard InChI is InChI=1S/C14H20N2O2/c1-8-10-7-9(12(17)18)5-6-11(10)16-13(15-8)14(2,3)4/h9H,5-7H2,1-4H3,(H,17,18). The lowest BCUT2D eigenvalue weighted by atomic mass is 9.85. The molecule has 2 rings (SSSR count). The first kappa shape index (κ1) is 13.0. The molecule has 98 valence electrons. The molecule has 1 aromatic heterocycles. The molecule has 0 spiro atoms. The van der Waals surface area contributed by atoms with Gasteiger partial charge in [0.1, 0.15) is 5.82 Å². The number of rotatable bonds is 1. The van der Waals surface area contributed by atoms with Crippen molar-refractivity contribution in [1.29, 1.82) is 0 Å². The Balaban J connectivity index is 2.40. The van der Waals surface area contributed by atoms with Crippen molar-refractivity contribution in [1.82, 2.24) is 9.97 Å². The van der Waals surface area contributed by atoms with Crippen LogP contribution >= 0.6 is 0 Å². The van der Waals surface area contributed by atoms with E-state index in [2.05, 4.69) is 30.7 Å². The summed E-state index contributed by atoms with van der Waals surface area (Å²) in [7, 11) is 0. The average Bonchev–Trinajstić information content (AvgIpc) is 2.27. The Bertz CT molecular complexity index is 489. The molecule has 0 radical (unpaired) electrons. The molecule has 1 aromatic rings. The third kappa shape index (κ3) is 2.37. The second kappa shape index (κ2) is 4.34. The molecule has 0 fully saturated rings. The van der Waals surface area contributed by atoms with Crippen molar-refractivity contribution in [2.24, 2.45) is 5.92 Å². The van der Waals surface area contributed by atoms with Crippen LogP contribution in [-0.2, 0) is 23.1 Å². The lowest BCUT2D eigenvalue weighted by Crippen LogP contribution is -2.26. The van der Waals surface area contributed by atoms with E-state index in [-0.39, 0.29) is 11.3 Å². The minimum atomic E-state index is -0.708. The maximum absolute atomic E-state index is 11.1. The summed E-state index contributed by atoms with van der Waals surface area (Å²) in [5, 5.41) is 9.10. The maximum atomic E-state index is 11.1. The van der Waals surface area contributed by atoms with E-state index in [1.807, 2.05) is 6.92 Å². The maximum Gasteiger partial charge on any atom is 0.306 e. The topological polar surface area (TPSA) is 63.1 Å². The number of aliphatic carboxylic acids is 1. The lowest BCUT2D eigenvalue weighted by molar-refractivity contribution is -0.142. The molecule has 1 heterocycles. The molecule has 4 nitrogen and oxygen atoms in total. The van der Waals surface area contributed by atoms with Gasteiger partial charge in [-0.3, -0.25) is 4.79 Å². The van der Waals surface area contributed by atoms with E-state index in [9.17, 15) is 4.79 Å². The normalized spacial score (nSPS) is 19.4. The van der Waals surface area contributed by atoms with Crippen LogP contribution in [0.3, 0.4) is 0 Å². The van der Waals surface area contributed by atoms with E-state index in [0.29, 0.717) is 12.8 Å². The summed E-state index contributed by atoms with van der Waals surface area (Å²) in [4.78, 5) is 20.2. The Morgan fingerprint density at radius 3 is 2.56 bits per heavy atom. The van der Waals surface area contributed by atoms with Crippen LogP contribution in [0.2, 0.25) is 0 Å². The third-order valence-corrected chi connectivity index (χ3v) is 3.50. The highest BCUT2D eigenvalue weighted by molar-refractivity contribution is 5.71. The lowest BCUT2D eigenvalue weighted by Gasteiger charge is -2.25. The monoisotopic (exact) mass is 248 g/mol. The van der Waals surface area contributed by atoms with Crippen molar-refractivity contribution >= 4 is 5.97 Å². The molecule has 1 aliphatic rings. The molecular weight excluding hydrogens is 228 g/mol. The van der Waals surface area contributed by atoms with E-state index in [0.717, 1.165) is 29.2 Å². The summed E-state index contributed by atoms with van der Waals surface area (Å²) >= 11 is 0. The Hall–Kier alpha value is -1.45. The van der Waals surface area contributed by atoms with Gasteiger partial charge in [0.05, 0.1) is 5.92 Å². The number of nitrogens with zero attached hydrogens (tertiary/aromatic N) is 2. The van der Waals surface area contributed by atoms with Gasteiger partial charge in [0.2, 0.25) is 0 Å². The first-order valence-corrected chi connectivity index (χ1v) is 6.38. The minimum absolute atomic E-state index is 0.0660. The smallest absolute Gasteiger partial charge is 0.306 e. The van der Waals surface area contributed by atoms with Gasteiger partial charge in [-0.15, -0.1) is 0 Å².